The van der Waals surface area contributed by atoms with E-state index >= 15 is 0 Å². The largest absolute Gasteiger partial charge is 0.497 e. The fourth-order valence-electron chi connectivity index (χ4n) is 10.5. The summed E-state index contributed by atoms with van der Waals surface area (Å²) in [5, 5.41) is 0. The first kappa shape index (κ1) is 46.5. The Balaban J connectivity index is 1.15. The van der Waals surface area contributed by atoms with Crippen molar-refractivity contribution in [1.29, 1.82) is 0 Å². The lowest BCUT2D eigenvalue weighted by atomic mass is 9.70. The number of fused-ring (bicyclic) bond motifs is 4. The number of thiophene rings is 2. The number of aryl methyl sites for hydroxylation is 2. The second-order valence-electron chi connectivity index (χ2n) is 18.7. The molecule has 4 nitrogen and oxygen atoms in total. The zero-order valence-electron chi connectivity index (χ0n) is 40.5. The lowest BCUT2D eigenvalue weighted by Gasteiger charge is -2.33. The van der Waals surface area contributed by atoms with Crippen LogP contribution in [-0.4, -0.2) is 24.2 Å². The zero-order chi connectivity index (χ0) is 46.3. The molecule has 0 saturated carbocycles. The lowest BCUT2D eigenvalue weighted by Crippen LogP contribution is -2.25. The van der Waals surface area contributed by atoms with Gasteiger partial charge in [-0.3, -0.25) is 0 Å². The van der Waals surface area contributed by atoms with E-state index in [1.807, 2.05) is 35.6 Å². The normalized spacial score (nSPS) is 12.7. The second kappa shape index (κ2) is 21.2. The van der Waals surface area contributed by atoms with Crippen molar-refractivity contribution in [2.24, 2.45) is 0 Å². The lowest BCUT2D eigenvalue weighted by molar-refractivity contribution is 0.398. The summed E-state index contributed by atoms with van der Waals surface area (Å²) < 4.78 is 11.1. The van der Waals surface area contributed by atoms with Gasteiger partial charge in [0, 0.05) is 47.2 Å². The highest BCUT2D eigenvalue weighted by Crippen LogP contribution is 2.56. The van der Waals surface area contributed by atoms with E-state index in [4.69, 9.17) is 19.4 Å². The van der Waals surface area contributed by atoms with Gasteiger partial charge in [0.1, 0.15) is 11.5 Å². The molecule has 9 rings (SSSR count). The second-order valence-corrected chi connectivity index (χ2v) is 21.1. The minimum atomic E-state index is 0.0313. The molecule has 3 aromatic heterocycles. The summed E-state index contributed by atoms with van der Waals surface area (Å²) in [6.45, 7) is 9.08. The smallest absolute Gasteiger partial charge is 0.118 e. The molecule has 0 unspecified atom stereocenters. The summed E-state index contributed by atoms with van der Waals surface area (Å²) in [5.74, 6) is 1.61. The number of unbranched alkanes of at least 4 members (excludes halogenated alkanes) is 10. The van der Waals surface area contributed by atoms with Gasteiger partial charge in [0.05, 0.1) is 36.6 Å². The number of ether oxygens (including phenoxy) is 2. The van der Waals surface area contributed by atoms with Gasteiger partial charge in [-0.15, -0.1) is 22.7 Å². The van der Waals surface area contributed by atoms with Crippen molar-refractivity contribution in [3.8, 4) is 76.5 Å². The monoisotopic (exact) mass is 922 g/mol. The van der Waals surface area contributed by atoms with Crippen LogP contribution in [-0.2, 0) is 5.41 Å². The molecule has 1 aliphatic carbocycles. The van der Waals surface area contributed by atoms with E-state index < -0.39 is 0 Å². The molecule has 0 atom stereocenters. The number of aromatic nitrogens is 2. The van der Waals surface area contributed by atoms with Gasteiger partial charge < -0.3 is 9.47 Å². The van der Waals surface area contributed by atoms with Crippen LogP contribution in [0.1, 0.15) is 125 Å². The Labute approximate surface area is 407 Å². The Morgan fingerprint density at radius 3 is 1.40 bits per heavy atom. The molecular formula is C61H66N2O2S2. The number of benzene rings is 5. The van der Waals surface area contributed by atoms with Crippen LogP contribution in [0.2, 0.25) is 0 Å². The Hall–Kier alpha value is -5.56. The molecule has 6 heteroatoms. The quantitative estimate of drug-likeness (QED) is 0.0674. The number of rotatable bonds is 21. The third-order valence-electron chi connectivity index (χ3n) is 14.1. The van der Waals surface area contributed by atoms with Crippen molar-refractivity contribution >= 4 is 33.7 Å². The summed E-state index contributed by atoms with van der Waals surface area (Å²) in [6, 6.07) is 44.6. The summed E-state index contributed by atoms with van der Waals surface area (Å²) >= 11 is 3.66. The number of hydrogen-bond acceptors (Lipinski definition) is 6. The summed E-state index contributed by atoms with van der Waals surface area (Å²) in [6.07, 6.45) is 18.2. The van der Waals surface area contributed by atoms with Crippen LogP contribution in [0.25, 0.3) is 76.0 Å². The van der Waals surface area contributed by atoms with Gasteiger partial charge in [0.25, 0.3) is 0 Å². The van der Waals surface area contributed by atoms with Crippen molar-refractivity contribution in [1.82, 2.24) is 9.97 Å². The first-order valence-corrected chi connectivity index (χ1v) is 26.5. The molecule has 1 aliphatic rings. The molecule has 344 valence electrons. The number of hydrogen-bond donors (Lipinski definition) is 0. The first-order valence-electron chi connectivity index (χ1n) is 24.9. The minimum absolute atomic E-state index is 0.0313. The summed E-state index contributed by atoms with van der Waals surface area (Å²) in [7, 11) is 3.40. The molecule has 0 bridgehead atoms. The van der Waals surface area contributed by atoms with Crippen LogP contribution in [0.3, 0.4) is 0 Å². The van der Waals surface area contributed by atoms with Crippen molar-refractivity contribution < 1.29 is 9.47 Å². The molecule has 0 saturated heterocycles. The highest BCUT2D eigenvalue weighted by atomic mass is 32.1. The van der Waals surface area contributed by atoms with Crippen molar-refractivity contribution in [3.05, 3.63) is 143 Å². The van der Waals surface area contributed by atoms with Crippen molar-refractivity contribution in [3.63, 3.8) is 0 Å². The fraction of sp³-hybridized carbons (Fsp3) is 0.344. The summed E-state index contributed by atoms with van der Waals surface area (Å²) in [5.41, 5.74) is 16.3. The van der Waals surface area contributed by atoms with E-state index in [0.29, 0.717) is 0 Å². The molecule has 0 radical (unpaired) electrons. The van der Waals surface area contributed by atoms with Crippen LogP contribution in [0.15, 0.2) is 121 Å². The molecule has 3 heterocycles. The maximum atomic E-state index is 5.65. The SMILES string of the molecule is CCCCCCCCC1(CCCCCCCC)c2cc(C)ccc2-c2ccc(-c3ccc(-c4ccc(-c5ccc(C)s5)c5nc(-c6ccc(OC)cc6)c(-c6ccc(OC)cc6)nc45)s3)cc21. The number of nitrogens with zero attached hydrogens (tertiary/aromatic N) is 2. The predicted octanol–water partition coefficient (Wildman–Crippen LogP) is 18.5. The van der Waals surface area contributed by atoms with Gasteiger partial charge >= 0.3 is 0 Å². The van der Waals surface area contributed by atoms with Crippen LogP contribution in [0, 0.1) is 13.8 Å². The van der Waals surface area contributed by atoms with Crippen molar-refractivity contribution in [2.45, 2.75) is 123 Å². The maximum Gasteiger partial charge on any atom is 0.118 e. The minimum Gasteiger partial charge on any atom is -0.497 e. The molecule has 0 N–H and O–H groups in total. The van der Waals surface area contributed by atoms with E-state index in [-0.39, 0.29) is 5.41 Å². The average Bonchev–Trinajstić information content (AvgIpc) is 4.10. The van der Waals surface area contributed by atoms with E-state index in [1.54, 1.807) is 36.7 Å². The van der Waals surface area contributed by atoms with Gasteiger partial charge in [-0.25, -0.2) is 9.97 Å². The molecule has 0 aliphatic heterocycles. The standard InChI is InChI=1S/C61H66N2O2S2/c1-7-9-11-13-15-17-37-61(38-18-16-14-12-10-8-2)52-39-41(3)19-30-48(52)49-31-25-45(40-53(49)61)54-35-36-56(67-54)51-33-32-50(55-34-20-42(4)66-55)59-60(51)63-58(44-23-28-47(65-6)29-24-44)57(62-59)43-21-26-46(64-5)27-22-43/h19-36,39-40H,7-18,37-38H2,1-6H3. The molecule has 0 spiro atoms. The average molecular weight is 923 g/mol. The molecule has 8 aromatic rings. The van der Waals surface area contributed by atoms with Gasteiger partial charge in [0.2, 0.25) is 0 Å². The van der Waals surface area contributed by atoms with Crippen molar-refractivity contribution in [2.75, 3.05) is 14.2 Å². The molecular weight excluding hydrogens is 857 g/mol. The van der Waals surface area contributed by atoms with E-state index in [0.717, 1.165) is 56.2 Å². The molecule has 67 heavy (non-hydrogen) atoms. The Bertz CT molecular complexity index is 2930. The summed E-state index contributed by atoms with van der Waals surface area (Å²) in [4.78, 5) is 16.2. The molecule has 5 aromatic carbocycles. The van der Waals surface area contributed by atoms with Gasteiger partial charge in [-0.1, -0.05) is 139 Å². The van der Waals surface area contributed by atoms with Gasteiger partial charge in [-0.2, -0.15) is 0 Å². The third kappa shape index (κ3) is 9.76. The first-order chi connectivity index (χ1) is 32.8. The highest BCUT2D eigenvalue weighted by Gasteiger charge is 2.42. The fourth-order valence-corrected chi connectivity index (χ4v) is 12.4. The predicted molar refractivity (Wildman–Crippen MR) is 287 cm³/mol. The maximum absolute atomic E-state index is 5.65. The van der Waals surface area contributed by atoms with Crippen LogP contribution < -0.4 is 9.47 Å². The number of methoxy groups -OCH3 is 2. The van der Waals surface area contributed by atoms with Gasteiger partial charge in [0.15, 0.2) is 0 Å². The van der Waals surface area contributed by atoms with E-state index in [9.17, 15) is 0 Å². The van der Waals surface area contributed by atoms with Crippen LogP contribution in [0.4, 0.5) is 0 Å². The third-order valence-corrected chi connectivity index (χ3v) is 16.3. The van der Waals surface area contributed by atoms with Crippen LogP contribution >= 0.6 is 22.7 Å². The van der Waals surface area contributed by atoms with E-state index in [1.165, 1.54) is 132 Å². The Morgan fingerprint density at radius 1 is 0.433 bits per heavy atom. The molecule has 0 amide bonds. The Kier molecular flexibility index (Phi) is 14.7. The van der Waals surface area contributed by atoms with Crippen LogP contribution in [0.5, 0.6) is 11.5 Å². The molecule has 0 fully saturated rings. The highest BCUT2D eigenvalue weighted by molar-refractivity contribution is 7.19. The zero-order valence-corrected chi connectivity index (χ0v) is 42.1. The van der Waals surface area contributed by atoms with E-state index in [2.05, 4.69) is 125 Å². The Morgan fingerprint density at radius 2 is 0.881 bits per heavy atom. The topological polar surface area (TPSA) is 44.2 Å². The van der Waals surface area contributed by atoms with Gasteiger partial charge in [-0.05, 0) is 133 Å².